The predicted octanol–water partition coefficient (Wildman–Crippen LogP) is 1.99. The van der Waals surface area contributed by atoms with Gasteiger partial charge in [0.25, 0.3) is 0 Å². The van der Waals surface area contributed by atoms with Crippen molar-refractivity contribution in [1.82, 2.24) is 4.98 Å². The maximum absolute atomic E-state index is 11.1. The van der Waals surface area contributed by atoms with E-state index in [1.165, 1.54) is 18.2 Å². The van der Waals surface area contributed by atoms with Crippen LogP contribution in [-0.2, 0) is 0 Å². The largest absolute Gasteiger partial charge is 0.478 e. The number of aromatic nitrogens is 1. The number of benzene rings is 1. The van der Waals surface area contributed by atoms with E-state index < -0.39 is 5.97 Å². The summed E-state index contributed by atoms with van der Waals surface area (Å²) in [5.74, 6) is -0.996. The number of carbonyl (C=O) groups is 1. The van der Waals surface area contributed by atoms with Crippen molar-refractivity contribution in [3.63, 3.8) is 0 Å². The molecular weight excluding hydrogens is 262 g/mol. The Hall–Kier alpha value is -1.62. The Kier molecular flexibility index (Phi) is 2.32. The molecule has 0 spiro atoms. The minimum Gasteiger partial charge on any atom is -0.478 e. The standard InChI is InChI=1S/C10H6BrNO3/c11-7-4-6(10(14)15)3-5-1-2-8(13)12-9(5)7/h1-4H,(H,12,13)(H,14,15). The maximum Gasteiger partial charge on any atom is 0.335 e. The van der Waals surface area contributed by atoms with Gasteiger partial charge in [-0.25, -0.2) is 4.79 Å². The summed E-state index contributed by atoms with van der Waals surface area (Å²) in [5.41, 5.74) is 0.570. The van der Waals surface area contributed by atoms with Crippen LogP contribution in [0.2, 0.25) is 0 Å². The molecule has 0 atom stereocenters. The number of hydrogen-bond acceptors (Lipinski definition) is 2. The molecule has 0 unspecified atom stereocenters. The Balaban J connectivity index is 2.84. The summed E-state index contributed by atoms with van der Waals surface area (Å²) < 4.78 is 0.565. The van der Waals surface area contributed by atoms with E-state index in [0.29, 0.717) is 15.4 Å². The third-order valence-electron chi connectivity index (χ3n) is 2.03. The van der Waals surface area contributed by atoms with Gasteiger partial charge < -0.3 is 10.1 Å². The molecule has 76 valence electrons. The van der Waals surface area contributed by atoms with Crippen LogP contribution in [0.1, 0.15) is 10.4 Å². The lowest BCUT2D eigenvalue weighted by Gasteiger charge is -2.02. The van der Waals surface area contributed by atoms with Crippen molar-refractivity contribution in [2.24, 2.45) is 0 Å². The van der Waals surface area contributed by atoms with Crippen LogP contribution in [0.3, 0.4) is 0 Å². The van der Waals surface area contributed by atoms with E-state index in [1.54, 1.807) is 6.07 Å². The van der Waals surface area contributed by atoms with E-state index in [9.17, 15) is 9.59 Å². The van der Waals surface area contributed by atoms with E-state index in [4.69, 9.17) is 5.11 Å². The zero-order valence-electron chi connectivity index (χ0n) is 7.45. The van der Waals surface area contributed by atoms with Crippen molar-refractivity contribution in [3.05, 3.63) is 44.7 Å². The highest BCUT2D eigenvalue weighted by molar-refractivity contribution is 9.10. The second-order valence-corrected chi connectivity index (χ2v) is 3.90. The molecule has 0 amide bonds. The molecule has 5 heteroatoms. The Labute approximate surface area is 92.7 Å². The summed E-state index contributed by atoms with van der Waals surface area (Å²) in [5, 5.41) is 9.51. The Morgan fingerprint density at radius 2 is 2.07 bits per heavy atom. The second-order valence-electron chi connectivity index (χ2n) is 3.05. The van der Waals surface area contributed by atoms with Gasteiger partial charge in [-0.3, -0.25) is 4.79 Å². The van der Waals surface area contributed by atoms with Gasteiger partial charge in [0.2, 0.25) is 5.56 Å². The van der Waals surface area contributed by atoms with Crippen molar-refractivity contribution < 1.29 is 9.90 Å². The number of rotatable bonds is 1. The summed E-state index contributed by atoms with van der Waals surface area (Å²) in [6.45, 7) is 0. The number of nitrogens with one attached hydrogen (secondary N) is 1. The number of halogens is 1. The van der Waals surface area contributed by atoms with E-state index >= 15 is 0 Å². The summed E-state index contributed by atoms with van der Waals surface area (Å²) >= 11 is 3.22. The number of H-pyrrole nitrogens is 1. The van der Waals surface area contributed by atoms with Crippen molar-refractivity contribution in [2.45, 2.75) is 0 Å². The van der Waals surface area contributed by atoms with E-state index in [0.717, 1.165) is 0 Å². The molecule has 0 saturated carbocycles. The first kappa shape index (κ1) is 9.92. The molecular formula is C10H6BrNO3. The van der Waals surface area contributed by atoms with Crippen molar-refractivity contribution in [2.75, 3.05) is 0 Å². The normalized spacial score (nSPS) is 10.5. The van der Waals surface area contributed by atoms with Gasteiger partial charge in [0.1, 0.15) is 0 Å². The Bertz CT molecular complexity index is 603. The minimum atomic E-state index is -0.996. The average molecular weight is 268 g/mol. The van der Waals surface area contributed by atoms with Gasteiger partial charge >= 0.3 is 5.97 Å². The first-order valence-corrected chi connectivity index (χ1v) is 4.93. The van der Waals surface area contributed by atoms with E-state index in [-0.39, 0.29) is 11.1 Å². The number of carboxylic acid groups (broad SMARTS) is 1. The van der Waals surface area contributed by atoms with Gasteiger partial charge in [-0.1, -0.05) is 0 Å². The molecule has 0 aliphatic heterocycles. The smallest absolute Gasteiger partial charge is 0.335 e. The third kappa shape index (κ3) is 1.78. The summed E-state index contributed by atoms with van der Waals surface area (Å²) in [7, 11) is 0. The van der Waals surface area contributed by atoms with Crippen LogP contribution in [0.5, 0.6) is 0 Å². The molecule has 1 heterocycles. The topological polar surface area (TPSA) is 70.2 Å². The molecule has 2 aromatic rings. The molecule has 0 aliphatic rings. The lowest BCUT2D eigenvalue weighted by molar-refractivity contribution is 0.0697. The zero-order valence-corrected chi connectivity index (χ0v) is 9.04. The molecule has 4 nitrogen and oxygen atoms in total. The quantitative estimate of drug-likeness (QED) is 0.830. The molecule has 0 fully saturated rings. The van der Waals surface area contributed by atoms with Crippen LogP contribution in [0.4, 0.5) is 0 Å². The Morgan fingerprint density at radius 3 is 2.73 bits per heavy atom. The van der Waals surface area contributed by atoms with Crippen molar-refractivity contribution in [1.29, 1.82) is 0 Å². The first-order valence-electron chi connectivity index (χ1n) is 4.14. The highest BCUT2D eigenvalue weighted by Gasteiger charge is 2.07. The van der Waals surface area contributed by atoms with Gasteiger partial charge in [-0.15, -0.1) is 0 Å². The number of hydrogen-bond donors (Lipinski definition) is 2. The average Bonchev–Trinajstić information content (AvgIpc) is 2.18. The van der Waals surface area contributed by atoms with Crippen LogP contribution in [0.25, 0.3) is 10.9 Å². The van der Waals surface area contributed by atoms with E-state index in [1.807, 2.05) is 0 Å². The molecule has 1 aromatic carbocycles. The fourth-order valence-electron chi connectivity index (χ4n) is 1.35. The zero-order chi connectivity index (χ0) is 11.0. The van der Waals surface area contributed by atoms with Gasteiger partial charge in [-0.2, -0.15) is 0 Å². The van der Waals surface area contributed by atoms with Crippen molar-refractivity contribution in [3.8, 4) is 0 Å². The highest BCUT2D eigenvalue weighted by atomic mass is 79.9. The van der Waals surface area contributed by atoms with Gasteiger partial charge in [0.05, 0.1) is 11.1 Å². The van der Waals surface area contributed by atoms with Gasteiger partial charge in [-0.05, 0) is 34.1 Å². The number of fused-ring (bicyclic) bond motifs is 1. The molecule has 0 bridgehead atoms. The van der Waals surface area contributed by atoms with Crippen LogP contribution >= 0.6 is 15.9 Å². The fraction of sp³-hybridized carbons (Fsp3) is 0. The fourth-order valence-corrected chi connectivity index (χ4v) is 1.92. The van der Waals surface area contributed by atoms with Crippen molar-refractivity contribution >= 4 is 32.8 Å². The molecule has 15 heavy (non-hydrogen) atoms. The van der Waals surface area contributed by atoms with Gasteiger partial charge in [0.15, 0.2) is 0 Å². The number of aromatic amines is 1. The van der Waals surface area contributed by atoms with Crippen LogP contribution in [0.15, 0.2) is 33.5 Å². The van der Waals surface area contributed by atoms with E-state index in [2.05, 4.69) is 20.9 Å². The molecule has 2 rings (SSSR count). The molecule has 2 N–H and O–H groups in total. The summed E-state index contributed by atoms with van der Waals surface area (Å²) in [4.78, 5) is 24.5. The number of pyridine rings is 1. The molecule has 0 aliphatic carbocycles. The summed E-state index contributed by atoms with van der Waals surface area (Å²) in [6.07, 6.45) is 0. The van der Waals surface area contributed by atoms with Crippen LogP contribution in [-0.4, -0.2) is 16.1 Å². The third-order valence-corrected chi connectivity index (χ3v) is 2.66. The van der Waals surface area contributed by atoms with Gasteiger partial charge in [0, 0.05) is 15.9 Å². The molecule has 0 saturated heterocycles. The molecule has 1 aromatic heterocycles. The van der Waals surface area contributed by atoms with Crippen LogP contribution in [0, 0.1) is 0 Å². The second kappa shape index (κ2) is 3.51. The highest BCUT2D eigenvalue weighted by Crippen LogP contribution is 2.22. The predicted molar refractivity (Wildman–Crippen MR) is 59.2 cm³/mol. The lowest BCUT2D eigenvalue weighted by atomic mass is 10.1. The first-order chi connectivity index (χ1) is 7.08. The lowest BCUT2D eigenvalue weighted by Crippen LogP contribution is -2.04. The number of carboxylic acids is 1. The number of aromatic carboxylic acids is 1. The monoisotopic (exact) mass is 267 g/mol. The minimum absolute atomic E-state index is 0.182. The SMILES string of the molecule is O=C(O)c1cc(Br)c2[nH]c(=O)ccc2c1. The van der Waals surface area contributed by atoms with Crippen LogP contribution < -0.4 is 5.56 Å². The molecule has 0 radical (unpaired) electrons. The maximum atomic E-state index is 11.1. The Morgan fingerprint density at radius 1 is 1.33 bits per heavy atom. The summed E-state index contributed by atoms with van der Waals surface area (Å²) in [6, 6.07) is 5.92.